The first kappa shape index (κ1) is 20.2. The summed E-state index contributed by atoms with van der Waals surface area (Å²) in [5, 5.41) is 18.2. The van der Waals surface area contributed by atoms with Crippen LogP contribution in [0.15, 0.2) is 42.2 Å². The molecule has 0 aliphatic carbocycles. The van der Waals surface area contributed by atoms with Crippen LogP contribution in [0.5, 0.6) is 0 Å². The maximum atomic E-state index is 14.5. The van der Waals surface area contributed by atoms with Crippen LogP contribution in [-0.4, -0.2) is 11.1 Å². The average molecular weight is 373 g/mol. The summed E-state index contributed by atoms with van der Waals surface area (Å²) in [6.45, 7) is 1.96. The highest BCUT2D eigenvalue weighted by molar-refractivity contribution is 5.96. The number of hydrogen-bond acceptors (Lipinski definition) is 2. The molecule has 2 aromatic carbocycles. The van der Waals surface area contributed by atoms with E-state index in [1.54, 1.807) is 6.07 Å². The fourth-order valence-corrected chi connectivity index (χ4v) is 2.70. The summed E-state index contributed by atoms with van der Waals surface area (Å²) in [5.74, 6) is -4.15. The number of carboxylic acid groups (broad SMARTS) is 1. The number of carboxylic acids is 1. The zero-order valence-electron chi connectivity index (χ0n) is 14.7. The number of nitrogens with zero attached hydrogens (tertiary/aromatic N) is 1. The molecule has 0 radical (unpaired) electrons. The van der Waals surface area contributed by atoms with Gasteiger partial charge in [-0.05, 0) is 24.1 Å². The van der Waals surface area contributed by atoms with E-state index in [4.69, 9.17) is 5.26 Å². The normalized spacial score (nSPS) is 11.7. The Morgan fingerprint density at radius 3 is 2.33 bits per heavy atom. The minimum absolute atomic E-state index is 0.00340. The van der Waals surface area contributed by atoms with Crippen LogP contribution in [0.25, 0.3) is 17.0 Å². The first-order valence-electron chi connectivity index (χ1n) is 8.51. The fourth-order valence-electron chi connectivity index (χ4n) is 2.70. The van der Waals surface area contributed by atoms with E-state index < -0.39 is 23.4 Å². The van der Waals surface area contributed by atoms with Gasteiger partial charge in [0.15, 0.2) is 5.83 Å². The van der Waals surface area contributed by atoms with Crippen molar-refractivity contribution in [2.24, 2.45) is 0 Å². The number of nitriles is 1. The lowest BCUT2D eigenvalue weighted by Crippen LogP contribution is -2.03. The summed E-state index contributed by atoms with van der Waals surface area (Å²) in [6.07, 6.45) is 2.24. The number of benzene rings is 2. The van der Waals surface area contributed by atoms with Crippen LogP contribution >= 0.6 is 0 Å². The maximum Gasteiger partial charge on any atom is 0.336 e. The Morgan fingerprint density at radius 1 is 1.11 bits per heavy atom. The molecule has 0 bridgehead atoms. The highest BCUT2D eigenvalue weighted by Gasteiger charge is 2.20. The van der Waals surface area contributed by atoms with Crippen molar-refractivity contribution in [3.8, 4) is 17.2 Å². The minimum Gasteiger partial charge on any atom is -0.478 e. The van der Waals surface area contributed by atoms with E-state index in [0.29, 0.717) is 6.42 Å². The molecular weight excluding hydrogens is 355 g/mol. The zero-order valence-corrected chi connectivity index (χ0v) is 14.7. The number of carbonyl (C=O) groups is 1. The van der Waals surface area contributed by atoms with Crippen molar-refractivity contribution in [1.29, 1.82) is 5.26 Å². The van der Waals surface area contributed by atoms with E-state index in [1.807, 2.05) is 6.92 Å². The summed E-state index contributed by atoms with van der Waals surface area (Å²) < 4.78 is 42.6. The molecule has 0 saturated carbocycles. The fraction of sp³-hybridized carbons (Fsp3) is 0.238. The average Bonchev–Trinajstić information content (AvgIpc) is 2.67. The predicted molar refractivity (Wildman–Crippen MR) is 96.8 cm³/mol. The number of allylic oxidation sites excluding steroid dienone is 1. The second-order valence-electron chi connectivity index (χ2n) is 6.02. The van der Waals surface area contributed by atoms with Crippen molar-refractivity contribution < 1.29 is 23.1 Å². The molecule has 0 atom stereocenters. The molecule has 0 spiro atoms. The van der Waals surface area contributed by atoms with Gasteiger partial charge in [-0.1, -0.05) is 44.0 Å². The number of aromatic carboxylic acids is 1. The van der Waals surface area contributed by atoms with E-state index >= 15 is 0 Å². The monoisotopic (exact) mass is 373 g/mol. The topological polar surface area (TPSA) is 61.1 Å². The number of unbranched alkanes of at least 4 members (excludes halogenated alkanes) is 2. The van der Waals surface area contributed by atoms with Crippen LogP contribution in [0.4, 0.5) is 13.2 Å². The summed E-state index contributed by atoms with van der Waals surface area (Å²) in [7, 11) is 0. The standard InChI is InChI=1S/C21H18F3NO2/c1-2-3-4-5-17(22)19(23)14-8-6-13(7-9-14)18-16(21(26)27)11-10-15(12-25)20(18)24/h6-11H,2-5H2,1H3,(H,26,27). The summed E-state index contributed by atoms with van der Waals surface area (Å²) in [5.41, 5.74) is -0.736. The van der Waals surface area contributed by atoms with Crippen molar-refractivity contribution in [3.05, 3.63) is 64.7 Å². The number of hydrogen-bond donors (Lipinski definition) is 1. The van der Waals surface area contributed by atoms with Crippen LogP contribution < -0.4 is 0 Å². The lowest BCUT2D eigenvalue weighted by atomic mass is 9.95. The third-order valence-corrected chi connectivity index (χ3v) is 4.16. The molecule has 1 N–H and O–H groups in total. The first-order chi connectivity index (χ1) is 12.9. The molecule has 0 amide bonds. The van der Waals surface area contributed by atoms with Gasteiger partial charge in [-0.2, -0.15) is 5.26 Å². The van der Waals surface area contributed by atoms with Crippen molar-refractivity contribution >= 4 is 11.8 Å². The van der Waals surface area contributed by atoms with E-state index in [-0.39, 0.29) is 34.2 Å². The largest absolute Gasteiger partial charge is 0.478 e. The molecule has 2 aromatic rings. The van der Waals surface area contributed by atoms with Gasteiger partial charge in [0.1, 0.15) is 17.7 Å². The number of rotatable bonds is 7. The van der Waals surface area contributed by atoms with Gasteiger partial charge in [0.2, 0.25) is 0 Å². The van der Waals surface area contributed by atoms with Crippen molar-refractivity contribution in [2.45, 2.75) is 32.6 Å². The third-order valence-electron chi connectivity index (χ3n) is 4.16. The molecule has 140 valence electrons. The molecular formula is C21H18F3NO2. The highest BCUT2D eigenvalue weighted by atomic mass is 19.2. The maximum absolute atomic E-state index is 14.5. The Kier molecular flexibility index (Phi) is 6.78. The van der Waals surface area contributed by atoms with Gasteiger partial charge in [0.05, 0.1) is 11.1 Å². The van der Waals surface area contributed by atoms with Crippen LogP contribution in [0, 0.1) is 17.1 Å². The molecule has 0 fully saturated rings. The third kappa shape index (κ3) is 4.56. The van der Waals surface area contributed by atoms with E-state index in [9.17, 15) is 23.1 Å². The Morgan fingerprint density at radius 2 is 1.78 bits per heavy atom. The molecule has 0 aliphatic rings. The quantitative estimate of drug-likeness (QED) is 0.584. The van der Waals surface area contributed by atoms with Gasteiger partial charge < -0.3 is 5.11 Å². The zero-order chi connectivity index (χ0) is 20.0. The van der Waals surface area contributed by atoms with Gasteiger partial charge in [-0.3, -0.25) is 0 Å². The van der Waals surface area contributed by atoms with Gasteiger partial charge >= 0.3 is 5.97 Å². The molecule has 0 unspecified atom stereocenters. The SMILES string of the molecule is CCCCCC(F)=C(F)c1ccc(-c2c(C(=O)O)ccc(C#N)c2F)cc1. The van der Waals surface area contributed by atoms with Crippen molar-refractivity contribution in [1.82, 2.24) is 0 Å². The van der Waals surface area contributed by atoms with E-state index in [2.05, 4.69) is 0 Å². The van der Waals surface area contributed by atoms with Crippen LogP contribution in [-0.2, 0) is 0 Å². The second-order valence-corrected chi connectivity index (χ2v) is 6.02. The Hall–Kier alpha value is -3.07. The smallest absolute Gasteiger partial charge is 0.336 e. The Balaban J connectivity index is 2.42. The Bertz CT molecular complexity index is 912. The van der Waals surface area contributed by atoms with Crippen LogP contribution in [0.1, 0.15) is 54.1 Å². The van der Waals surface area contributed by atoms with Gasteiger partial charge in [0.25, 0.3) is 0 Å². The molecule has 0 aromatic heterocycles. The summed E-state index contributed by atoms with van der Waals surface area (Å²) >= 11 is 0. The first-order valence-corrected chi connectivity index (χ1v) is 8.51. The molecule has 0 heterocycles. The number of halogens is 3. The van der Waals surface area contributed by atoms with Crippen LogP contribution in [0.3, 0.4) is 0 Å². The van der Waals surface area contributed by atoms with Gasteiger partial charge in [0, 0.05) is 17.5 Å². The lowest BCUT2D eigenvalue weighted by molar-refractivity contribution is 0.0697. The molecule has 6 heteroatoms. The molecule has 3 nitrogen and oxygen atoms in total. The molecule has 2 rings (SSSR count). The predicted octanol–water partition coefficient (Wildman–Crippen LogP) is 6.25. The van der Waals surface area contributed by atoms with Crippen molar-refractivity contribution in [3.63, 3.8) is 0 Å². The van der Waals surface area contributed by atoms with E-state index in [0.717, 1.165) is 25.0 Å². The molecule has 0 aliphatic heterocycles. The highest BCUT2D eigenvalue weighted by Crippen LogP contribution is 2.32. The lowest BCUT2D eigenvalue weighted by Gasteiger charge is -2.10. The second kappa shape index (κ2) is 9.04. The molecule has 0 saturated heterocycles. The van der Waals surface area contributed by atoms with Crippen LogP contribution in [0.2, 0.25) is 0 Å². The Labute approximate surface area is 155 Å². The molecule has 27 heavy (non-hydrogen) atoms. The van der Waals surface area contributed by atoms with E-state index in [1.165, 1.54) is 24.3 Å². The minimum atomic E-state index is -1.36. The summed E-state index contributed by atoms with van der Waals surface area (Å²) in [6, 6.07) is 9.01. The summed E-state index contributed by atoms with van der Waals surface area (Å²) in [4.78, 5) is 11.4. The van der Waals surface area contributed by atoms with Gasteiger partial charge in [-0.25, -0.2) is 18.0 Å². The van der Waals surface area contributed by atoms with Gasteiger partial charge in [-0.15, -0.1) is 0 Å². The van der Waals surface area contributed by atoms with Crippen molar-refractivity contribution in [2.75, 3.05) is 0 Å².